The summed E-state index contributed by atoms with van der Waals surface area (Å²) in [7, 11) is 0. The first-order valence-electron chi connectivity index (χ1n) is 10.7. The van der Waals surface area contributed by atoms with E-state index in [1.54, 1.807) is 11.8 Å². The number of hydrogen-bond acceptors (Lipinski definition) is 7. The second-order valence-corrected chi connectivity index (χ2v) is 10.7. The molecular weight excluding hydrogens is 454 g/mol. The Bertz CT molecular complexity index is 1040. The maximum Gasteiger partial charge on any atom is 0.230 e. The first kappa shape index (κ1) is 25.0. The van der Waals surface area contributed by atoms with Crippen molar-refractivity contribution in [1.82, 2.24) is 20.2 Å². The molecule has 0 bridgehead atoms. The molecule has 0 saturated carbocycles. The monoisotopic (exact) mass is 485 g/mol. The molecule has 0 unspecified atom stereocenters. The molecule has 0 radical (unpaired) electrons. The fourth-order valence-electron chi connectivity index (χ4n) is 2.88. The van der Waals surface area contributed by atoms with Crippen LogP contribution in [0.4, 0.5) is 0 Å². The molecule has 0 saturated heterocycles. The smallest absolute Gasteiger partial charge is 0.230 e. The van der Waals surface area contributed by atoms with Gasteiger partial charge >= 0.3 is 0 Å². The zero-order chi connectivity index (χ0) is 23.8. The molecular formula is C24H31N5O2S2. The molecule has 7 nitrogen and oxygen atoms in total. The molecule has 9 heteroatoms. The van der Waals surface area contributed by atoms with Gasteiger partial charge in [0.2, 0.25) is 11.1 Å². The Kier molecular flexibility index (Phi) is 8.68. The van der Waals surface area contributed by atoms with E-state index in [1.165, 1.54) is 32.5 Å². The van der Waals surface area contributed by atoms with Crippen LogP contribution >= 0.6 is 23.5 Å². The first-order valence-corrected chi connectivity index (χ1v) is 12.7. The van der Waals surface area contributed by atoms with E-state index in [0.717, 1.165) is 11.5 Å². The highest BCUT2D eigenvalue weighted by Crippen LogP contribution is 2.24. The molecule has 3 rings (SSSR count). The minimum Gasteiger partial charge on any atom is -0.486 e. The molecule has 1 heterocycles. The summed E-state index contributed by atoms with van der Waals surface area (Å²) in [5, 5.41) is 11.6. The molecule has 33 heavy (non-hydrogen) atoms. The van der Waals surface area contributed by atoms with Gasteiger partial charge in [0, 0.05) is 17.2 Å². The maximum absolute atomic E-state index is 12.1. The number of nitrogens with two attached hydrogens (primary N) is 1. The van der Waals surface area contributed by atoms with Gasteiger partial charge in [0.1, 0.15) is 12.4 Å². The summed E-state index contributed by atoms with van der Waals surface area (Å²) in [4.78, 5) is 13.3. The zero-order valence-electron chi connectivity index (χ0n) is 19.5. The number of amides is 1. The van der Waals surface area contributed by atoms with Crippen LogP contribution in [0.1, 0.15) is 37.7 Å². The number of aromatic nitrogens is 3. The van der Waals surface area contributed by atoms with E-state index in [-0.39, 0.29) is 23.7 Å². The number of thioether (sulfide) groups is 2. The van der Waals surface area contributed by atoms with Crippen molar-refractivity contribution in [3.8, 4) is 5.75 Å². The Labute approximate surface area is 203 Å². The van der Waals surface area contributed by atoms with Crippen LogP contribution in [0.3, 0.4) is 0 Å². The molecule has 0 spiro atoms. The number of carbonyl (C=O) groups is 1. The molecule has 1 amide bonds. The topological polar surface area (TPSA) is 95.1 Å². The number of nitrogen functional groups attached to an aromatic ring is 1. The van der Waals surface area contributed by atoms with Gasteiger partial charge in [-0.2, -0.15) is 0 Å². The molecule has 3 aromatic rings. The van der Waals surface area contributed by atoms with Gasteiger partial charge in [-0.15, -0.1) is 22.0 Å². The van der Waals surface area contributed by atoms with Crippen molar-refractivity contribution in [3.05, 3.63) is 65.5 Å². The van der Waals surface area contributed by atoms with Gasteiger partial charge in [-0.05, 0) is 42.2 Å². The van der Waals surface area contributed by atoms with Gasteiger partial charge in [0.15, 0.2) is 5.82 Å². The summed E-state index contributed by atoms with van der Waals surface area (Å²) < 4.78 is 7.16. The van der Waals surface area contributed by atoms with Crippen molar-refractivity contribution >= 4 is 29.4 Å². The minimum atomic E-state index is -0.0655. The third-order valence-electron chi connectivity index (χ3n) is 4.87. The van der Waals surface area contributed by atoms with Crippen molar-refractivity contribution < 1.29 is 9.53 Å². The number of hydrogen-bond donors (Lipinski definition) is 2. The molecule has 0 atom stereocenters. The zero-order valence-corrected chi connectivity index (χ0v) is 21.1. The van der Waals surface area contributed by atoms with E-state index in [1.807, 2.05) is 12.1 Å². The van der Waals surface area contributed by atoms with Crippen LogP contribution in [0, 0.1) is 6.92 Å². The number of nitrogens with zero attached hydrogens (tertiary/aromatic N) is 3. The van der Waals surface area contributed by atoms with E-state index in [4.69, 9.17) is 10.6 Å². The highest BCUT2D eigenvalue weighted by molar-refractivity contribution is 7.99. The molecule has 0 aliphatic carbocycles. The summed E-state index contributed by atoms with van der Waals surface area (Å²) in [5.74, 6) is 8.29. The average Bonchev–Trinajstić information content (AvgIpc) is 3.14. The summed E-state index contributed by atoms with van der Waals surface area (Å²) >= 11 is 2.96. The summed E-state index contributed by atoms with van der Waals surface area (Å²) in [5.41, 5.74) is 2.57. The van der Waals surface area contributed by atoms with E-state index >= 15 is 0 Å². The third-order valence-corrected chi connectivity index (χ3v) is 6.83. The lowest BCUT2D eigenvalue weighted by molar-refractivity contribution is -0.118. The Morgan fingerprint density at radius 3 is 2.42 bits per heavy atom. The van der Waals surface area contributed by atoms with Gasteiger partial charge in [-0.1, -0.05) is 62.4 Å². The van der Waals surface area contributed by atoms with Crippen molar-refractivity contribution in [2.24, 2.45) is 0 Å². The lowest BCUT2D eigenvalue weighted by Crippen LogP contribution is -2.27. The number of carbonyl (C=O) groups excluding carboxylic acids is 1. The Morgan fingerprint density at radius 2 is 1.76 bits per heavy atom. The molecule has 0 aliphatic rings. The second-order valence-electron chi connectivity index (χ2n) is 8.63. The summed E-state index contributed by atoms with van der Waals surface area (Å²) in [6.45, 7) is 9.37. The third kappa shape index (κ3) is 7.71. The van der Waals surface area contributed by atoms with Crippen LogP contribution in [-0.4, -0.2) is 38.8 Å². The maximum atomic E-state index is 12.1. The SMILES string of the molecule is Cc1ccc(SCCNC(=O)CSc2nnc(COc3ccc(C(C)(C)C)cc3)n2N)cc1. The average molecular weight is 486 g/mol. The molecule has 176 valence electrons. The van der Waals surface area contributed by atoms with Crippen molar-refractivity contribution in [3.63, 3.8) is 0 Å². The predicted molar refractivity (Wildman–Crippen MR) is 135 cm³/mol. The number of nitrogens with one attached hydrogen (secondary N) is 1. The van der Waals surface area contributed by atoms with Crippen LogP contribution < -0.4 is 15.9 Å². The highest BCUT2D eigenvalue weighted by atomic mass is 32.2. The molecule has 0 aliphatic heterocycles. The van der Waals surface area contributed by atoms with Crippen LogP contribution in [0.5, 0.6) is 5.75 Å². The number of ether oxygens (including phenoxy) is 1. The minimum absolute atomic E-state index is 0.0655. The first-order chi connectivity index (χ1) is 15.7. The van der Waals surface area contributed by atoms with E-state index in [0.29, 0.717) is 17.5 Å². The van der Waals surface area contributed by atoms with Crippen molar-refractivity contribution in [1.29, 1.82) is 0 Å². The fraction of sp³-hybridized carbons (Fsp3) is 0.375. The number of rotatable bonds is 10. The van der Waals surface area contributed by atoms with E-state index in [2.05, 4.69) is 79.6 Å². The molecule has 0 fully saturated rings. The van der Waals surface area contributed by atoms with E-state index < -0.39 is 0 Å². The Morgan fingerprint density at radius 1 is 1.06 bits per heavy atom. The van der Waals surface area contributed by atoms with Gasteiger partial charge in [-0.25, -0.2) is 4.68 Å². The standard InChI is InChI=1S/C24H31N5O2S2/c1-17-5-11-20(12-6-17)32-14-13-26-22(30)16-33-23-28-27-21(29(23)25)15-31-19-9-7-18(8-10-19)24(2,3)4/h5-12H,13-16,25H2,1-4H3,(H,26,30). The van der Waals surface area contributed by atoms with E-state index in [9.17, 15) is 4.79 Å². The van der Waals surface area contributed by atoms with Gasteiger partial charge < -0.3 is 15.9 Å². The predicted octanol–water partition coefficient (Wildman–Crippen LogP) is 4.18. The van der Waals surface area contributed by atoms with Gasteiger partial charge in [0.25, 0.3) is 0 Å². The number of benzene rings is 2. The largest absolute Gasteiger partial charge is 0.486 e. The van der Waals surface area contributed by atoms with Crippen molar-refractivity contribution in [2.45, 2.75) is 49.8 Å². The van der Waals surface area contributed by atoms with Crippen LogP contribution in [0.15, 0.2) is 58.6 Å². The molecule has 2 aromatic carbocycles. The van der Waals surface area contributed by atoms with Crippen LogP contribution in [0.25, 0.3) is 0 Å². The molecule has 1 aromatic heterocycles. The lowest BCUT2D eigenvalue weighted by Gasteiger charge is -2.19. The highest BCUT2D eigenvalue weighted by Gasteiger charge is 2.15. The Balaban J connectivity index is 1.39. The number of aryl methyl sites for hydroxylation is 1. The summed E-state index contributed by atoms with van der Waals surface area (Å²) in [6, 6.07) is 16.3. The van der Waals surface area contributed by atoms with Crippen LogP contribution in [0.2, 0.25) is 0 Å². The quantitative estimate of drug-likeness (QED) is 0.253. The Hall–Kier alpha value is -2.65. The normalized spacial score (nSPS) is 11.4. The fourth-order valence-corrected chi connectivity index (χ4v) is 4.35. The van der Waals surface area contributed by atoms with Crippen molar-refractivity contribution in [2.75, 3.05) is 23.9 Å². The second kappa shape index (κ2) is 11.5. The van der Waals surface area contributed by atoms with Gasteiger partial charge in [-0.3, -0.25) is 4.79 Å². The van der Waals surface area contributed by atoms with Gasteiger partial charge in [0.05, 0.1) is 5.75 Å². The van der Waals surface area contributed by atoms with Crippen LogP contribution in [-0.2, 0) is 16.8 Å². The molecule has 3 N–H and O–H groups in total. The lowest BCUT2D eigenvalue weighted by atomic mass is 9.87. The summed E-state index contributed by atoms with van der Waals surface area (Å²) in [6.07, 6.45) is 0.